The lowest BCUT2D eigenvalue weighted by atomic mass is 10.1. The van der Waals surface area contributed by atoms with Crippen molar-refractivity contribution in [3.63, 3.8) is 0 Å². The number of piperidine rings is 1. The maximum atomic E-state index is 5.84. The third-order valence-electron chi connectivity index (χ3n) is 3.02. The van der Waals surface area contributed by atoms with E-state index >= 15 is 0 Å². The van der Waals surface area contributed by atoms with E-state index in [4.69, 9.17) is 11.2 Å². The molecule has 0 atom stereocenters. The van der Waals surface area contributed by atoms with E-state index in [0.29, 0.717) is 6.10 Å². The maximum absolute atomic E-state index is 5.84. The Bertz CT molecular complexity index is 206. The average molecular weight is 224 g/mol. The summed E-state index contributed by atoms with van der Waals surface area (Å²) in [6.07, 6.45) is 9.16. The van der Waals surface area contributed by atoms with Crippen molar-refractivity contribution >= 4 is 0 Å². The summed E-state index contributed by atoms with van der Waals surface area (Å²) in [6, 6.07) is 0. The van der Waals surface area contributed by atoms with Crippen molar-refractivity contribution in [2.75, 3.05) is 39.3 Å². The zero-order valence-electron chi connectivity index (χ0n) is 10.4. The molecule has 1 N–H and O–H groups in total. The molecule has 16 heavy (non-hydrogen) atoms. The lowest BCUT2D eigenvalue weighted by molar-refractivity contribution is 0.0284. The third-order valence-corrected chi connectivity index (χ3v) is 3.02. The van der Waals surface area contributed by atoms with Crippen LogP contribution in [0.2, 0.25) is 0 Å². The fraction of sp³-hybridized carbons (Fsp3) is 0.846. The molecular weight excluding hydrogens is 200 g/mol. The van der Waals surface area contributed by atoms with Crippen LogP contribution >= 0.6 is 0 Å². The third kappa shape index (κ3) is 5.50. The van der Waals surface area contributed by atoms with Crippen LogP contribution in [0.15, 0.2) is 0 Å². The van der Waals surface area contributed by atoms with Gasteiger partial charge in [-0.3, -0.25) is 4.90 Å². The SMILES string of the molecule is C#CCN(CC)CCCOC1CCNCC1. The highest BCUT2D eigenvalue weighted by Crippen LogP contribution is 2.07. The van der Waals surface area contributed by atoms with E-state index < -0.39 is 0 Å². The molecule has 0 aliphatic carbocycles. The molecule has 0 spiro atoms. The average Bonchev–Trinajstić information content (AvgIpc) is 2.34. The van der Waals surface area contributed by atoms with Crippen LogP contribution in [-0.4, -0.2) is 50.3 Å². The Morgan fingerprint density at radius 1 is 1.44 bits per heavy atom. The summed E-state index contributed by atoms with van der Waals surface area (Å²) in [5, 5.41) is 3.34. The Hall–Kier alpha value is -0.560. The fourth-order valence-corrected chi connectivity index (χ4v) is 1.98. The number of terminal acetylenes is 1. The Morgan fingerprint density at radius 2 is 2.19 bits per heavy atom. The predicted octanol–water partition coefficient (Wildman–Crippen LogP) is 1.10. The second-order valence-electron chi connectivity index (χ2n) is 4.25. The molecule has 0 aromatic heterocycles. The van der Waals surface area contributed by atoms with Gasteiger partial charge in [0.05, 0.1) is 12.6 Å². The van der Waals surface area contributed by atoms with Gasteiger partial charge in [-0.25, -0.2) is 0 Å². The van der Waals surface area contributed by atoms with E-state index in [-0.39, 0.29) is 0 Å². The molecule has 0 unspecified atom stereocenters. The zero-order valence-corrected chi connectivity index (χ0v) is 10.4. The smallest absolute Gasteiger partial charge is 0.0599 e. The Kier molecular flexibility index (Phi) is 7.24. The van der Waals surface area contributed by atoms with E-state index in [0.717, 1.165) is 58.6 Å². The second-order valence-corrected chi connectivity index (χ2v) is 4.25. The van der Waals surface area contributed by atoms with Gasteiger partial charge < -0.3 is 10.1 Å². The number of hydrogen-bond donors (Lipinski definition) is 1. The van der Waals surface area contributed by atoms with Gasteiger partial charge in [-0.1, -0.05) is 12.8 Å². The molecule has 1 heterocycles. The largest absolute Gasteiger partial charge is 0.378 e. The minimum Gasteiger partial charge on any atom is -0.378 e. The van der Waals surface area contributed by atoms with E-state index in [1.165, 1.54) is 0 Å². The number of rotatable bonds is 7. The summed E-state index contributed by atoms with van der Waals surface area (Å²) in [5.74, 6) is 2.69. The van der Waals surface area contributed by atoms with Gasteiger partial charge in [-0.15, -0.1) is 6.42 Å². The Labute approximate surface area is 99.5 Å². The van der Waals surface area contributed by atoms with Crippen LogP contribution in [0, 0.1) is 12.3 Å². The highest BCUT2D eigenvalue weighted by molar-refractivity contribution is 4.87. The van der Waals surface area contributed by atoms with Crippen molar-refractivity contribution < 1.29 is 4.74 Å². The highest BCUT2D eigenvalue weighted by atomic mass is 16.5. The van der Waals surface area contributed by atoms with Gasteiger partial charge in [0.1, 0.15) is 0 Å². The second kappa shape index (κ2) is 8.58. The monoisotopic (exact) mass is 224 g/mol. The van der Waals surface area contributed by atoms with Crippen molar-refractivity contribution in [2.24, 2.45) is 0 Å². The molecule has 0 saturated carbocycles. The number of ether oxygens (including phenoxy) is 1. The predicted molar refractivity (Wildman–Crippen MR) is 67.4 cm³/mol. The minimum absolute atomic E-state index is 0.476. The van der Waals surface area contributed by atoms with Crippen LogP contribution in [0.3, 0.4) is 0 Å². The molecule has 0 amide bonds. The summed E-state index contributed by atoms with van der Waals surface area (Å²) in [7, 11) is 0. The van der Waals surface area contributed by atoms with Crippen LogP contribution in [0.4, 0.5) is 0 Å². The van der Waals surface area contributed by atoms with Crippen LogP contribution in [0.1, 0.15) is 26.2 Å². The van der Waals surface area contributed by atoms with Gasteiger partial charge in [0, 0.05) is 13.2 Å². The number of nitrogens with one attached hydrogen (secondary N) is 1. The molecule has 3 heteroatoms. The molecule has 1 aliphatic heterocycles. The van der Waals surface area contributed by atoms with Crippen LogP contribution in [0.5, 0.6) is 0 Å². The number of nitrogens with zero attached hydrogens (tertiary/aromatic N) is 1. The molecule has 1 saturated heterocycles. The number of hydrogen-bond acceptors (Lipinski definition) is 3. The van der Waals surface area contributed by atoms with E-state index in [1.54, 1.807) is 0 Å². The van der Waals surface area contributed by atoms with Gasteiger partial charge in [0.15, 0.2) is 0 Å². The summed E-state index contributed by atoms with van der Waals surface area (Å²) >= 11 is 0. The van der Waals surface area contributed by atoms with Crippen molar-refractivity contribution in [1.82, 2.24) is 10.2 Å². The van der Waals surface area contributed by atoms with Crippen LogP contribution < -0.4 is 5.32 Å². The molecule has 0 bridgehead atoms. The molecule has 92 valence electrons. The van der Waals surface area contributed by atoms with Gasteiger partial charge in [-0.05, 0) is 38.9 Å². The first kappa shape index (κ1) is 13.5. The lowest BCUT2D eigenvalue weighted by Gasteiger charge is -2.23. The lowest BCUT2D eigenvalue weighted by Crippen LogP contribution is -2.33. The molecule has 0 aromatic carbocycles. The van der Waals surface area contributed by atoms with Crippen molar-refractivity contribution in [3.8, 4) is 12.3 Å². The van der Waals surface area contributed by atoms with Crippen molar-refractivity contribution in [3.05, 3.63) is 0 Å². The molecule has 1 fully saturated rings. The Balaban J connectivity index is 1.99. The summed E-state index contributed by atoms with van der Waals surface area (Å²) in [6.45, 7) is 8.04. The molecule has 0 aromatic rings. The van der Waals surface area contributed by atoms with E-state index in [9.17, 15) is 0 Å². The van der Waals surface area contributed by atoms with Gasteiger partial charge in [0.2, 0.25) is 0 Å². The molecule has 3 nitrogen and oxygen atoms in total. The van der Waals surface area contributed by atoms with E-state index in [1.807, 2.05) is 0 Å². The fourth-order valence-electron chi connectivity index (χ4n) is 1.98. The zero-order chi connectivity index (χ0) is 11.6. The quantitative estimate of drug-likeness (QED) is 0.518. The Morgan fingerprint density at radius 3 is 2.81 bits per heavy atom. The van der Waals surface area contributed by atoms with Gasteiger partial charge in [0.25, 0.3) is 0 Å². The minimum atomic E-state index is 0.476. The summed E-state index contributed by atoms with van der Waals surface area (Å²) < 4.78 is 5.84. The van der Waals surface area contributed by atoms with E-state index in [2.05, 4.69) is 23.1 Å². The van der Waals surface area contributed by atoms with Crippen LogP contribution in [0.25, 0.3) is 0 Å². The van der Waals surface area contributed by atoms with Crippen molar-refractivity contribution in [2.45, 2.75) is 32.3 Å². The molecular formula is C13H24N2O. The normalized spacial score (nSPS) is 17.6. The molecule has 1 rings (SSSR count). The highest BCUT2D eigenvalue weighted by Gasteiger charge is 2.12. The maximum Gasteiger partial charge on any atom is 0.0599 e. The van der Waals surface area contributed by atoms with Crippen LogP contribution in [-0.2, 0) is 4.74 Å². The first-order valence-electron chi connectivity index (χ1n) is 6.35. The first-order valence-corrected chi connectivity index (χ1v) is 6.35. The van der Waals surface area contributed by atoms with Gasteiger partial charge >= 0.3 is 0 Å². The first-order chi connectivity index (χ1) is 7.86. The summed E-state index contributed by atoms with van der Waals surface area (Å²) in [4.78, 5) is 2.27. The molecule has 0 radical (unpaired) electrons. The summed E-state index contributed by atoms with van der Waals surface area (Å²) in [5.41, 5.74) is 0. The topological polar surface area (TPSA) is 24.5 Å². The van der Waals surface area contributed by atoms with Crippen molar-refractivity contribution in [1.29, 1.82) is 0 Å². The molecule has 1 aliphatic rings. The standard InChI is InChI=1S/C13H24N2O/c1-3-10-15(4-2)11-5-12-16-13-6-8-14-9-7-13/h1,13-14H,4-12H2,2H3. The van der Waals surface area contributed by atoms with Gasteiger partial charge in [-0.2, -0.15) is 0 Å².